The molecule has 0 unspecified atom stereocenters. The highest BCUT2D eigenvalue weighted by Crippen LogP contribution is 2.18. The van der Waals surface area contributed by atoms with Gasteiger partial charge in [-0.2, -0.15) is 0 Å². The van der Waals surface area contributed by atoms with Crippen LogP contribution in [-0.4, -0.2) is 39.0 Å². The SMILES string of the molecule is Cc1nnc(SCC(=O)Nc2ccccc2C(=O)NCCc2ccccc2)n1N. The van der Waals surface area contributed by atoms with Gasteiger partial charge in [0.2, 0.25) is 11.1 Å². The van der Waals surface area contributed by atoms with Gasteiger partial charge in [-0.3, -0.25) is 9.59 Å². The molecule has 0 saturated heterocycles. The van der Waals surface area contributed by atoms with Crippen molar-refractivity contribution in [1.29, 1.82) is 0 Å². The fourth-order valence-corrected chi connectivity index (χ4v) is 3.32. The quantitative estimate of drug-likeness (QED) is 0.387. The molecule has 0 aliphatic rings. The number of thioether (sulfide) groups is 1. The van der Waals surface area contributed by atoms with Crippen LogP contribution < -0.4 is 16.5 Å². The molecule has 0 aliphatic heterocycles. The lowest BCUT2D eigenvalue weighted by molar-refractivity contribution is -0.113. The molecular weight excluding hydrogens is 388 g/mol. The van der Waals surface area contributed by atoms with Gasteiger partial charge in [0.15, 0.2) is 0 Å². The molecule has 9 heteroatoms. The van der Waals surface area contributed by atoms with E-state index < -0.39 is 0 Å². The van der Waals surface area contributed by atoms with Gasteiger partial charge in [-0.15, -0.1) is 10.2 Å². The molecule has 4 N–H and O–H groups in total. The van der Waals surface area contributed by atoms with E-state index in [2.05, 4.69) is 20.8 Å². The molecule has 3 aromatic rings. The van der Waals surface area contributed by atoms with Crippen LogP contribution in [0.2, 0.25) is 0 Å². The van der Waals surface area contributed by atoms with E-state index in [1.165, 1.54) is 16.4 Å². The lowest BCUT2D eigenvalue weighted by Crippen LogP contribution is -2.27. The van der Waals surface area contributed by atoms with Crippen molar-refractivity contribution < 1.29 is 9.59 Å². The smallest absolute Gasteiger partial charge is 0.253 e. The van der Waals surface area contributed by atoms with E-state index in [4.69, 9.17) is 5.84 Å². The lowest BCUT2D eigenvalue weighted by atomic mass is 10.1. The van der Waals surface area contributed by atoms with Crippen LogP contribution >= 0.6 is 11.8 Å². The predicted molar refractivity (Wildman–Crippen MR) is 113 cm³/mol. The van der Waals surface area contributed by atoms with Gasteiger partial charge in [0, 0.05) is 6.54 Å². The first-order chi connectivity index (χ1) is 14.0. The molecule has 8 nitrogen and oxygen atoms in total. The number of anilines is 1. The Labute approximate surface area is 172 Å². The van der Waals surface area contributed by atoms with E-state index in [0.29, 0.717) is 28.8 Å². The number of para-hydroxylation sites is 1. The van der Waals surface area contributed by atoms with Crippen LogP contribution in [0.3, 0.4) is 0 Å². The normalized spacial score (nSPS) is 10.5. The second kappa shape index (κ2) is 9.74. The van der Waals surface area contributed by atoms with Gasteiger partial charge in [0.25, 0.3) is 5.91 Å². The fourth-order valence-electron chi connectivity index (χ4n) is 2.62. The summed E-state index contributed by atoms with van der Waals surface area (Å²) in [5.74, 6) is 5.94. The van der Waals surface area contributed by atoms with Crippen molar-refractivity contribution in [2.45, 2.75) is 18.5 Å². The molecule has 1 heterocycles. The Kier molecular flexibility index (Phi) is 6.85. The maximum atomic E-state index is 12.6. The molecule has 0 aliphatic carbocycles. The zero-order valence-corrected chi connectivity index (χ0v) is 16.8. The number of nitrogens with two attached hydrogens (primary N) is 1. The van der Waals surface area contributed by atoms with Gasteiger partial charge in [-0.1, -0.05) is 54.2 Å². The predicted octanol–water partition coefficient (Wildman–Crippen LogP) is 2.00. The number of hydrogen-bond donors (Lipinski definition) is 3. The third kappa shape index (κ3) is 5.58. The molecule has 2 amide bonds. The van der Waals surface area contributed by atoms with E-state index in [1.54, 1.807) is 31.2 Å². The summed E-state index contributed by atoms with van der Waals surface area (Å²) in [5, 5.41) is 13.9. The number of nitrogen functional groups attached to an aromatic ring is 1. The molecule has 0 radical (unpaired) electrons. The highest BCUT2D eigenvalue weighted by Gasteiger charge is 2.14. The van der Waals surface area contributed by atoms with Gasteiger partial charge in [0.1, 0.15) is 5.82 Å². The second-order valence-electron chi connectivity index (χ2n) is 6.27. The van der Waals surface area contributed by atoms with Crippen LogP contribution in [0.15, 0.2) is 59.8 Å². The maximum absolute atomic E-state index is 12.6. The second-order valence-corrected chi connectivity index (χ2v) is 7.22. The van der Waals surface area contributed by atoms with Crippen molar-refractivity contribution in [2.75, 3.05) is 23.5 Å². The first-order valence-corrected chi connectivity index (χ1v) is 10.0. The number of benzene rings is 2. The monoisotopic (exact) mass is 410 g/mol. The standard InChI is InChI=1S/C20H22N6O2S/c1-14-24-25-20(26(14)21)29-13-18(27)23-17-10-6-5-9-16(17)19(28)22-12-11-15-7-3-2-4-8-15/h2-10H,11-13,21H2,1H3,(H,22,28)(H,23,27). The van der Waals surface area contributed by atoms with Crippen molar-refractivity contribution >= 4 is 29.3 Å². The topological polar surface area (TPSA) is 115 Å². The van der Waals surface area contributed by atoms with E-state index in [-0.39, 0.29) is 17.6 Å². The Hall–Kier alpha value is -3.33. The molecule has 29 heavy (non-hydrogen) atoms. The minimum Gasteiger partial charge on any atom is -0.352 e. The number of amides is 2. The van der Waals surface area contributed by atoms with Gasteiger partial charge in [0.05, 0.1) is 17.0 Å². The highest BCUT2D eigenvalue weighted by molar-refractivity contribution is 7.99. The Balaban J connectivity index is 1.55. The summed E-state index contributed by atoms with van der Waals surface area (Å²) in [6.07, 6.45) is 0.733. The first-order valence-electron chi connectivity index (χ1n) is 9.05. The van der Waals surface area contributed by atoms with Gasteiger partial charge >= 0.3 is 0 Å². The van der Waals surface area contributed by atoms with Gasteiger partial charge in [-0.05, 0) is 31.0 Å². The fraction of sp³-hybridized carbons (Fsp3) is 0.200. The summed E-state index contributed by atoms with van der Waals surface area (Å²) in [6, 6.07) is 16.8. The minimum absolute atomic E-state index is 0.0965. The van der Waals surface area contributed by atoms with Crippen molar-refractivity contribution in [3.05, 3.63) is 71.5 Å². The average molecular weight is 411 g/mol. The van der Waals surface area contributed by atoms with Crippen molar-refractivity contribution in [2.24, 2.45) is 0 Å². The van der Waals surface area contributed by atoms with Crippen molar-refractivity contribution in [3.63, 3.8) is 0 Å². The molecule has 1 aromatic heterocycles. The van der Waals surface area contributed by atoms with E-state index in [1.807, 2.05) is 30.3 Å². The summed E-state index contributed by atoms with van der Waals surface area (Å²) >= 11 is 1.17. The summed E-state index contributed by atoms with van der Waals surface area (Å²) in [4.78, 5) is 24.9. The molecule has 0 bridgehead atoms. The lowest BCUT2D eigenvalue weighted by Gasteiger charge is -2.11. The zero-order valence-electron chi connectivity index (χ0n) is 16.0. The molecule has 0 spiro atoms. The number of carbonyl (C=O) groups is 2. The molecular formula is C20H22N6O2S. The number of hydrogen-bond acceptors (Lipinski definition) is 6. The highest BCUT2D eigenvalue weighted by atomic mass is 32.2. The van der Waals surface area contributed by atoms with E-state index in [9.17, 15) is 9.59 Å². The van der Waals surface area contributed by atoms with E-state index in [0.717, 1.165) is 12.0 Å². The van der Waals surface area contributed by atoms with Gasteiger partial charge in [-0.25, -0.2) is 4.68 Å². The Bertz CT molecular complexity index is 990. The van der Waals surface area contributed by atoms with Crippen molar-refractivity contribution in [3.8, 4) is 0 Å². The van der Waals surface area contributed by atoms with Crippen LogP contribution in [0.4, 0.5) is 5.69 Å². The van der Waals surface area contributed by atoms with E-state index >= 15 is 0 Å². The van der Waals surface area contributed by atoms with Crippen LogP contribution in [0.25, 0.3) is 0 Å². The molecule has 150 valence electrons. The van der Waals surface area contributed by atoms with Gasteiger partial charge < -0.3 is 16.5 Å². The number of aryl methyl sites for hydroxylation is 1. The third-order valence-corrected chi connectivity index (χ3v) is 5.10. The largest absolute Gasteiger partial charge is 0.352 e. The zero-order chi connectivity index (χ0) is 20.6. The summed E-state index contributed by atoms with van der Waals surface area (Å²) in [6.45, 7) is 2.23. The molecule has 3 rings (SSSR count). The maximum Gasteiger partial charge on any atom is 0.253 e. The number of nitrogens with one attached hydrogen (secondary N) is 2. The van der Waals surface area contributed by atoms with Crippen LogP contribution in [0, 0.1) is 6.92 Å². The Morgan fingerprint density at radius 3 is 2.52 bits per heavy atom. The first kappa shape index (κ1) is 20.4. The van der Waals surface area contributed by atoms with Crippen LogP contribution in [0.1, 0.15) is 21.7 Å². The van der Waals surface area contributed by atoms with Crippen LogP contribution in [0.5, 0.6) is 0 Å². The minimum atomic E-state index is -0.264. The van der Waals surface area contributed by atoms with Crippen molar-refractivity contribution in [1.82, 2.24) is 20.2 Å². The summed E-state index contributed by atoms with van der Waals surface area (Å²) in [5.41, 5.74) is 2.02. The Morgan fingerprint density at radius 2 is 1.79 bits per heavy atom. The number of nitrogens with zero attached hydrogens (tertiary/aromatic N) is 3. The molecule has 0 atom stereocenters. The summed E-state index contributed by atoms with van der Waals surface area (Å²) in [7, 11) is 0. The number of carbonyl (C=O) groups excluding carboxylic acids is 2. The summed E-state index contributed by atoms with van der Waals surface area (Å²) < 4.78 is 1.33. The Morgan fingerprint density at radius 1 is 1.07 bits per heavy atom. The molecule has 0 fully saturated rings. The molecule has 2 aromatic carbocycles. The number of rotatable bonds is 8. The van der Waals surface area contributed by atoms with Crippen LogP contribution in [-0.2, 0) is 11.2 Å². The molecule has 0 saturated carbocycles. The third-order valence-electron chi connectivity index (χ3n) is 4.16. The average Bonchev–Trinajstić information content (AvgIpc) is 3.05. The number of aromatic nitrogens is 3.